The minimum Gasteiger partial charge on any atom is -0.361 e. The molecule has 0 saturated heterocycles. The lowest BCUT2D eigenvalue weighted by Crippen LogP contribution is -2.12. The molecule has 0 aromatic carbocycles. The van der Waals surface area contributed by atoms with E-state index >= 15 is 0 Å². The van der Waals surface area contributed by atoms with Crippen LogP contribution in [0.5, 0.6) is 0 Å². The van der Waals surface area contributed by atoms with Crippen LogP contribution < -0.4 is 5.32 Å². The first kappa shape index (κ1) is 12.3. The molecule has 0 spiro atoms. The molecule has 0 radical (unpaired) electrons. The number of hydrogen-bond acceptors (Lipinski definition) is 4. The van der Waals surface area contributed by atoms with Gasteiger partial charge in [0.25, 0.3) is 0 Å². The first-order chi connectivity index (χ1) is 8.20. The van der Waals surface area contributed by atoms with Crippen molar-refractivity contribution in [2.45, 2.75) is 40.3 Å². The molecule has 0 amide bonds. The highest BCUT2D eigenvalue weighted by Crippen LogP contribution is 2.17. The van der Waals surface area contributed by atoms with Crippen LogP contribution in [0.15, 0.2) is 16.7 Å². The van der Waals surface area contributed by atoms with Crippen LogP contribution in [0.3, 0.4) is 0 Å². The van der Waals surface area contributed by atoms with Crippen LogP contribution in [0.2, 0.25) is 0 Å². The summed E-state index contributed by atoms with van der Waals surface area (Å²) in [4.78, 5) is 2.83. The molecule has 0 unspecified atom stereocenters. The third kappa shape index (κ3) is 2.96. The zero-order valence-corrected chi connectivity index (χ0v) is 11.4. The van der Waals surface area contributed by atoms with Crippen molar-refractivity contribution in [1.29, 1.82) is 0 Å². The second kappa shape index (κ2) is 5.47. The summed E-state index contributed by atoms with van der Waals surface area (Å²) in [5.41, 5.74) is 2.16. The van der Waals surface area contributed by atoms with Crippen molar-refractivity contribution in [2.75, 3.05) is 0 Å². The van der Waals surface area contributed by atoms with E-state index in [1.54, 1.807) is 0 Å². The second-order valence-corrected chi connectivity index (χ2v) is 5.38. The van der Waals surface area contributed by atoms with E-state index in [4.69, 9.17) is 4.52 Å². The van der Waals surface area contributed by atoms with Gasteiger partial charge in [-0.25, -0.2) is 0 Å². The highest BCUT2D eigenvalue weighted by molar-refractivity contribution is 7.11. The number of aromatic nitrogens is 1. The molecule has 92 valence electrons. The summed E-state index contributed by atoms with van der Waals surface area (Å²) in [6.45, 7) is 7.85. The summed E-state index contributed by atoms with van der Waals surface area (Å²) in [5.74, 6) is 0.912. The number of aryl methyl sites for hydroxylation is 3. The van der Waals surface area contributed by atoms with Gasteiger partial charge in [0, 0.05) is 28.4 Å². The number of nitrogens with one attached hydrogen (secondary N) is 1. The standard InChI is InChI=1S/C13H18N2OS/c1-4-11-5-6-12(17-11)7-14-8-13-9(2)15-16-10(13)3/h5-6,14H,4,7-8H2,1-3H3. The Morgan fingerprint density at radius 3 is 2.59 bits per heavy atom. The summed E-state index contributed by atoms with van der Waals surface area (Å²) < 4.78 is 5.13. The van der Waals surface area contributed by atoms with Crippen molar-refractivity contribution in [1.82, 2.24) is 10.5 Å². The van der Waals surface area contributed by atoms with Gasteiger partial charge in [0.05, 0.1) is 5.69 Å². The Kier molecular flexibility index (Phi) is 3.97. The molecule has 3 nitrogen and oxygen atoms in total. The first-order valence-corrected chi connectivity index (χ1v) is 6.72. The van der Waals surface area contributed by atoms with Crippen molar-refractivity contribution >= 4 is 11.3 Å². The van der Waals surface area contributed by atoms with Crippen LogP contribution in [0.1, 0.15) is 33.7 Å². The molecule has 0 saturated carbocycles. The predicted octanol–water partition coefficient (Wildman–Crippen LogP) is 3.21. The molecule has 2 rings (SSSR count). The van der Waals surface area contributed by atoms with Gasteiger partial charge in [-0.15, -0.1) is 11.3 Å². The summed E-state index contributed by atoms with van der Waals surface area (Å²) in [5, 5.41) is 7.38. The van der Waals surface area contributed by atoms with Crippen LogP contribution in [0, 0.1) is 13.8 Å². The molecule has 0 aliphatic heterocycles. The Labute approximate surface area is 106 Å². The number of thiophene rings is 1. The lowest BCUT2D eigenvalue weighted by atomic mass is 10.2. The van der Waals surface area contributed by atoms with Crippen molar-refractivity contribution in [3.05, 3.63) is 38.9 Å². The fourth-order valence-corrected chi connectivity index (χ4v) is 2.70. The highest BCUT2D eigenvalue weighted by Gasteiger charge is 2.08. The van der Waals surface area contributed by atoms with Crippen LogP contribution in [0.4, 0.5) is 0 Å². The minimum absolute atomic E-state index is 0.820. The van der Waals surface area contributed by atoms with Gasteiger partial charge in [-0.05, 0) is 32.4 Å². The molecule has 0 atom stereocenters. The number of hydrogen-bond donors (Lipinski definition) is 1. The van der Waals surface area contributed by atoms with Crippen LogP contribution in [-0.4, -0.2) is 5.16 Å². The summed E-state index contributed by atoms with van der Waals surface area (Å²) in [6.07, 6.45) is 1.12. The van der Waals surface area contributed by atoms with Crippen LogP contribution in [-0.2, 0) is 19.5 Å². The maximum Gasteiger partial charge on any atom is 0.138 e. The van der Waals surface area contributed by atoms with E-state index in [-0.39, 0.29) is 0 Å². The Bertz CT molecular complexity index is 468. The number of rotatable bonds is 5. The molecule has 17 heavy (non-hydrogen) atoms. The molecular weight excluding hydrogens is 232 g/mol. The van der Waals surface area contributed by atoms with E-state index in [1.165, 1.54) is 15.3 Å². The van der Waals surface area contributed by atoms with E-state index in [1.807, 2.05) is 25.2 Å². The fourth-order valence-electron chi connectivity index (χ4n) is 1.77. The lowest BCUT2D eigenvalue weighted by molar-refractivity contribution is 0.392. The maximum atomic E-state index is 5.13. The van der Waals surface area contributed by atoms with Gasteiger partial charge in [0.1, 0.15) is 5.76 Å². The SMILES string of the molecule is CCc1ccc(CNCc2c(C)noc2C)s1. The molecule has 0 aliphatic carbocycles. The maximum absolute atomic E-state index is 5.13. The van der Waals surface area contributed by atoms with Crippen molar-refractivity contribution < 1.29 is 4.52 Å². The lowest BCUT2D eigenvalue weighted by Gasteiger charge is -2.02. The van der Waals surface area contributed by atoms with Crippen LogP contribution in [0.25, 0.3) is 0 Å². The van der Waals surface area contributed by atoms with Gasteiger partial charge in [-0.1, -0.05) is 12.1 Å². The highest BCUT2D eigenvalue weighted by atomic mass is 32.1. The van der Waals surface area contributed by atoms with Gasteiger partial charge in [-0.3, -0.25) is 0 Å². The summed E-state index contributed by atoms with van der Waals surface area (Å²) >= 11 is 1.88. The topological polar surface area (TPSA) is 38.1 Å². The molecule has 0 aliphatic rings. The zero-order valence-electron chi connectivity index (χ0n) is 10.5. The van der Waals surface area contributed by atoms with Gasteiger partial charge >= 0.3 is 0 Å². The van der Waals surface area contributed by atoms with Gasteiger partial charge in [0.2, 0.25) is 0 Å². The molecule has 0 fully saturated rings. The van der Waals surface area contributed by atoms with Gasteiger partial charge in [-0.2, -0.15) is 0 Å². The van der Waals surface area contributed by atoms with E-state index in [9.17, 15) is 0 Å². The number of nitrogens with zero attached hydrogens (tertiary/aromatic N) is 1. The summed E-state index contributed by atoms with van der Waals surface area (Å²) in [7, 11) is 0. The third-order valence-electron chi connectivity index (χ3n) is 2.85. The Morgan fingerprint density at radius 2 is 2.00 bits per heavy atom. The Hall–Kier alpha value is -1.13. The van der Waals surface area contributed by atoms with Crippen LogP contribution >= 0.6 is 11.3 Å². The third-order valence-corrected chi connectivity index (χ3v) is 4.08. The molecule has 1 N–H and O–H groups in total. The molecule has 0 bridgehead atoms. The first-order valence-electron chi connectivity index (χ1n) is 5.90. The van der Waals surface area contributed by atoms with Gasteiger partial charge < -0.3 is 9.84 Å². The molecule has 2 aromatic heterocycles. The Morgan fingerprint density at radius 1 is 1.24 bits per heavy atom. The van der Waals surface area contributed by atoms with E-state index in [0.29, 0.717) is 0 Å². The normalized spacial score (nSPS) is 11.0. The monoisotopic (exact) mass is 250 g/mol. The van der Waals surface area contributed by atoms with Crippen molar-refractivity contribution in [3.8, 4) is 0 Å². The van der Waals surface area contributed by atoms with E-state index in [2.05, 4.69) is 29.5 Å². The van der Waals surface area contributed by atoms with Crippen molar-refractivity contribution in [3.63, 3.8) is 0 Å². The van der Waals surface area contributed by atoms with E-state index < -0.39 is 0 Å². The average molecular weight is 250 g/mol. The molecular formula is C13H18N2OS. The smallest absolute Gasteiger partial charge is 0.138 e. The predicted molar refractivity (Wildman–Crippen MR) is 70.2 cm³/mol. The van der Waals surface area contributed by atoms with Crippen molar-refractivity contribution in [2.24, 2.45) is 0 Å². The Balaban J connectivity index is 1.87. The summed E-state index contributed by atoms with van der Waals surface area (Å²) in [6, 6.07) is 4.40. The molecule has 2 heterocycles. The zero-order chi connectivity index (χ0) is 12.3. The largest absolute Gasteiger partial charge is 0.361 e. The fraction of sp³-hybridized carbons (Fsp3) is 0.462. The molecule has 2 aromatic rings. The average Bonchev–Trinajstić information content (AvgIpc) is 2.90. The second-order valence-electron chi connectivity index (χ2n) is 4.13. The van der Waals surface area contributed by atoms with Gasteiger partial charge in [0.15, 0.2) is 0 Å². The molecule has 4 heteroatoms. The quantitative estimate of drug-likeness (QED) is 0.885. The van der Waals surface area contributed by atoms with E-state index in [0.717, 1.165) is 31.0 Å². The minimum atomic E-state index is 0.820.